The van der Waals surface area contributed by atoms with E-state index in [0.29, 0.717) is 17.4 Å². The number of nitrogens with zero attached hydrogens (tertiary/aromatic N) is 1. The van der Waals surface area contributed by atoms with Crippen LogP contribution in [0.4, 0.5) is 0 Å². The molecule has 0 fully saturated rings. The van der Waals surface area contributed by atoms with Crippen LogP contribution in [0.3, 0.4) is 0 Å². The summed E-state index contributed by atoms with van der Waals surface area (Å²) in [7, 11) is 1.56. The van der Waals surface area contributed by atoms with Crippen LogP contribution in [0.25, 0.3) is 0 Å². The molecule has 1 amide bonds. The van der Waals surface area contributed by atoms with Gasteiger partial charge in [0.2, 0.25) is 5.91 Å². The first-order chi connectivity index (χ1) is 39.5. The van der Waals surface area contributed by atoms with Crippen LogP contribution in [-0.2, 0) is 18.4 Å². The fourth-order valence-corrected chi connectivity index (χ4v) is 11.2. The van der Waals surface area contributed by atoms with Crippen molar-refractivity contribution >= 4 is 13.7 Å². The quantitative estimate of drug-likeness (QED) is 0.0243. The Labute approximate surface area is 504 Å². The van der Waals surface area contributed by atoms with E-state index < -0.39 is 20.0 Å². The number of nitrogens with one attached hydrogen (secondary N) is 1. The molecule has 81 heavy (non-hydrogen) atoms. The fourth-order valence-electron chi connectivity index (χ4n) is 10.5. The second kappa shape index (κ2) is 62.7. The molecule has 0 aliphatic rings. The predicted molar refractivity (Wildman–Crippen MR) is 355 cm³/mol. The molecule has 3 N–H and O–H groups in total. The number of rotatable bonds is 65. The van der Waals surface area contributed by atoms with Gasteiger partial charge in [0.15, 0.2) is 0 Å². The molecule has 0 saturated carbocycles. The number of carbonyl (C=O) groups is 1. The van der Waals surface area contributed by atoms with Crippen molar-refractivity contribution in [1.82, 2.24) is 5.32 Å². The zero-order valence-corrected chi connectivity index (χ0v) is 55.4. The standard InChI is InChI=1S/C72H137N2O6P/c1-6-8-10-12-14-16-18-20-22-24-26-28-30-32-34-35-36-37-38-39-40-42-44-46-48-50-52-54-56-58-60-62-64-66-72(76)73-70(69-80-81(77,78)79-68-67-74(3,4)5)71(75)65-63-61-59-57-55-53-51-49-47-45-43-41-33-31-29-27-25-23-21-19-17-15-13-11-9-7-2/h18,20,24,26,30,32,55,57,63,65,70-71,75H,6-17,19,21-23,25,27-29,31,33-54,56,58-62,64,66-69H2,1-5H3,(H-,73,76,77,78)/p+1/b20-18-,26-24-,32-30-,57-55+,65-63+. The highest BCUT2D eigenvalue weighted by atomic mass is 31.2. The van der Waals surface area contributed by atoms with E-state index in [0.717, 1.165) is 51.4 Å². The van der Waals surface area contributed by atoms with Crippen LogP contribution in [0.5, 0.6) is 0 Å². The molecule has 3 atom stereocenters. The SMILES string of the molecule is CCCCCCC/C=C\C/C=C\C/C=C\CCCCCCCCCCCCCCCCCCCCC(=O)NC(COP(=O)(O)OCC[N+](C)(C)C)C(O)/C=C/CC/C=C/CCCCCCCCCCCCCCCCCCCCCC. The molecule has 0 radical (unpaired) electrons. The summed E-state index contributed by atoms with van der Waals surface area (Å²) in [5.41, 5.74) is 0. The molecule has 0 spiro atoms. The number of amides is 1. The van der Waals surface area contributed by atoms with E-state index >= 15 is 0 Å². The van der Waals surface area contributed by atoms with Crippen LogP contribution in [0.2, 0.25) is 0 Å². The van der Waals surface area contributed by atoms with Crippen LogP contribution >= 0.6 is 7.82 Å². The monoisotopic (exact) mass is 1160 g/mol. The third-order valence-electron chi connectivity index (χ3n) is 16.0. The van der Waals surface area contributed by atoms with Gasteiger partial charge in [0.1, 0.15) is 13.2 Å². The van der Waals surface area contributed by atoms with Crippen molar-refractivity contribution < 1.29 is 32.9 Å². The molecule has 0 aliphatic heterocycles. The van der Waals surface area contributed by atoms with E-state index in [-0.39, 0.29) is 19.1 Å². The van der Waals surface area contributed by atoms with Crippen LogP contribution in [0.15, 0.2) is 60.8 Å². The first-order valence-corrected chi connectivity index (χ1v) is 36.7. The van der Waals surface area contributed by atoms with Gasteiger partial charge in [-0.15, -0.1) is 0 Å². The van der Waals surface area contributed by atoms with Crippen molar-refractivity contribution in [3.8, 4) is 0 Å². The average molecular weight is 1160 g/mol. The summed E-state index contributed by atoms with van der Waals surface area (Å²) >= 11 is 0. The number of allylic oxidation sites excluding steroid dienone is 9. The second-order valence-electron chi connectivity index (χ2n) is 25.3. The van der Waals surface area contributed by atoms with Crippen molar-refractivity contribution in [2.45, 2.75) is 353 Å². The summed E-state index contributed by atoms with van der Waals surface area (Å²) in [6.45, 7) is 4.83. The second-order valence-corrected chi connectivity index (χ2v) is 26.7. The molecule has 0 heterocycles. The van der Waals surface area contributed by atoms with Gasteiger partial charge in [0.05, 0.1) is 39.9 Å². The molecule has 476 valence electrons. The first-order valence-electron chi connectivity index (χ1n) is 35.2. The highest BCUT2D eigenvalue weighted by Gasteiger charge is 2.28. The number of aliphatic hydroxyl groups is 1. The van der Waals surface area contributed by atoms with Crippen molar-refractivity contribution in [1.29, 1.82) is 0 Å². The molecule has 0 saturated heterocycles. The van der Waals surface area contributed by atoms with Crippen molar-refractivity contribution in [2.75, 3.05) is 40.9 Å². The summed E-state index contributed by atoms with van der Waals surface area (Å²) < 4.78 is 23.8. The van der Waals surface area contributed by atoms with Crippen LogP contribution < -0.4 is 5.32 Å². The van der Waals surface area contributed by atoms with Gasteiger partial charge >= 0.3 is 7.82 Å². The number of carbonyl (C=O) groups excluding carboxylic acids is 1. The number of phosphoric ester groups is 1. The van der Waals surface area contributed by atoms with Gasteiger partial charge in [0.25, 0.3) is 0 Å². The fraction of sp³-hybridized carbons (Fsp3) is 0.847. The number of phosphoric acid groups is 1. The van der Waals surface area contributed by atoms with Crippen LogP contribution in [-0.4, -0.2) is 73.4 Å². The molecule has 0 aromatic rings. The summed E-state index contributed by atoms with van der Waals surface area (Å²) in [4.78, 5) is 23.4. The van der Waals surface area contributed by atoms with Gasteiger partial charge < -0.3 is 19.8 Å². The minimum absolute atomic E-state index is 0.0562. The predicted octanol–water partition coefficient (Wildman–Crippen LogP) is 22.4. The molecular formula is C72H138N2O6P+. The van der Waals surface area contributed by atoms with Crippen LogP contribution in [0, 0.1) is 0 Å². The third kappa shape index (κ3) is 65.6. The maximum atomic E-state index is 13.0. The lowest BCUT2D eigenvalue weighted by atomic mass is 10.0. The van der Waals surface area contributed by atoms with E-state index in [2.05, 4.69) is 67.8 Å². The Morgan fingerprint density at radius 3 is 1.07 bits per heavy atom. The van der Waals surface area contributed by atoms with E-state index in [9.17, 15) is 19.4 Å². The highest BCUT2D eigenvalue weighted by Crippen LogP contribution is 2.43. The van der Waals surface area contributed by atoms with Crippen molar-refractivity contribution in [3.63, 3.8) is 0 Å². The number of hydrogen-bond acceptors (Lipinski definition) is 5. The van der Waals surface area contributed by atoms with E-state index in [1.165, 1.54) is 270 Å². The highest BCUT2D eigenvalue weighted by molar-refractivity contribution is 7.47. The minimum atomic E-state index is -4.36. The molecule has 0 aromatic carbocycles. The Hall–Kier alpha value is -1.80. The van der Waals surface area contributed by atoms with Gasteiger partial charge in [-0.25, -0.2) is 4.57 Å². The molecular weight excluding hydrogens is 1020 g/mol. The lowest BCUT2D eigenvalue weighted by Crippen LogP contribution is -2.45. The molecule has 3 unspecified atom stereocenters. The summed E-state index contributed by atoms with van der Waals surface area (Å²) in [6.07, 6.45) is 86.6. The summed E-state index contributed by atoms with van der Waals surface area (Å²) in [5.74, 6) is -0.182. The Morgan fingerprint density at radius 2 is 0.716 bits per heavy atom. The Kier molecular flexibility index (Phi) is 61.3. The number of quaternary nitrogens is 1. The molecule has 9 heteroatoms. The average Bonchev–Trinajstić information content (AvgIpc) is 3.43. The molecule has 0 aromatic heterocycles. The Balaban J connectivity index is 4.08. The Morgan fingerprint density at radius 1 is 0.420 bits per heavy atom. The van der Waals surface area contributed by atoms with Gasteiger partial charge in [-0.2, -0.15) is 0 Å². The van der Waals surface area contributed by atoms with E-state index in [1.807, 2.05) is 27.2 Å². The smallest absolute Gasteiger partial charge is 0.387 e. The zero-order chi connectivity index (χ0) is 59.1. The minimum Gasteiger partial charge on any atom is -0.387 e. The number of unbranched alkanes of at least 4 members (excludes halogenated alkanes) is 44. The topological polar surface area (TPSA) is 105 Å². The van der Waals surface area contributed by atoms with Gasteiger partial charge in [-0.1, -0.05) is 325 Å². The van der Waals surface area contributed by atoms with Gasteiger partial charge in [-0.3, -0.25) is 13.8 Å². The Bertz CT molecular complexity index is 1500. The lowest BCUT2D eigenvalue weighted by Gasteiger charge is -2.25. The number of likely N-dealkylation sites (N-methyl/N-ethyl adjacent to an activating group) is 1. The largest absolute Gasteiger partial charge is 0.472 e. The molecule has 8 nitrogen and oxygen atoms in total. The van der Waals surface area contributed by atoms with Gasteiger partial charge in [-0.05, 0) is 70.6 Å². The third-order valence-corrected chi connectivity index (χ3v) is 16.9. The van der Waals surface area contributed by atoms with E-state index in [4.69, 9.17) is 9.05 Å². The number of hydrogen-bond donors (Lipinski definition) is 3. The molecule has 0 rings (SSSR count). The van der Waals surface area contributed by atoms with Gasteiger partial charge in [0, 0.05) is 6.42 Å². The van der Waals surface area contributed by atoms with E-state index in [1.54, 1.807) is 6.08 Å². The van der Waals surface area contributed by atoms with Crippen LogP contribution in [0.1, 0.15) is 341 Å². The first kappa shape index (κ1) is 79.2. The zero-order valence-electron chi connectivity index (χ0n) is 54.5. The van der Waals surface area contributed by atoms with Crippen molar-refractivity contribution in [2.24, 2.45) is 0 Å². The normalized spacial score (nSPS) is 14.0. The summed E-state index contributed by atoms with van der Waals surface area (Å²) in [5, 5.41) is 14.0. The summed E-state index contributed by atoms with van der Waals surface area (Å²) in [6, 6.07) is -0.866. The lowest BCUT2D eigenvalue weighted by molar-refractivity contribution is -0.870. The molecule has 0 aliphatic carbocycles. The van der Waals surface area contributed by atoms with Crippen molar-refractivity contribution in [3.05, 3.63) is 60.8 Å². The molecule has 0 bridgehead atoms. The maximum Gasteiger partial charge on any atom is 0.472 e. The number of aliphatic hydroxyl groups excluding tert-OH is 1. The maximum absolute atomic E-state index is 13.0.